The Kier molecular flexibility index (Phi) is 4.27. The highest BCUT2D eigenvalue weighted by atomic mass is 32.1. The van der Waals surface area contributed by atoms with Gasteiger partial charge in [-0.2, -0.15) is 0 Å². The Morgan fingerprint density at radius 2 is 2.21 bits per heavy atom. The van der Waals surface area contributed by atoms with Crippen molar-refractivity contribution in [1.82, 2.24) is 4.98 Å². The van der Waals surface area contributed by atoms with Crippen LogP contribution < -0.4 is 0 Å². The van der Waals surface area contributed by atoms with Crippen LogP contribution in [0.5, 0.6) is 0 Å². The predicted octanol–water partition coefficient (Wildman–Crippen LogP) is 3.07. The molecular formula is C14H15NO3S. The molecule has 0 aliphatic carbocycles. The Morgan fingerprint density at radius 3 is 2.89 bits per heavy atom. The largest absolute Gasteiger partial charge is 0.465 e. The van der Waals surface area contributed by atoms with Crippen LogP contribution in [-0.2, 0) is 9.53 Å². The number of hydrogen-bond acceptors (Lipinski definition) is 5. The van der Waals surface area contributed by atoms with Gasteiger partial charge in [0.25, 0.3) is 0 Å². The van der Waals surface area contributed by atoms with Crippen molar-refractivity contribution in [3.8, 4) is 0 Å². The van der Waals surface area contributed by atoms with Gasteiger partial charge in [0.2, 0.25) is 0 Å². The maximum Gasteiger partial charge on any atom is 0.316 e. The van der Waals surface area contributed by atoms with Crippen molar-refractivity contribution in [3.05, 3.63) is 29.3 Å². The molecule has 0 spiro atoms. The molecule has 5 heteroatoms. The van der Waals surface area contributed by atoms with Crippen LogP contribution in [0.2, 0.25) is 0 Å². The summed E-state index contributed by atoms with van der Waals surface area (Å²) in [5.41, 5.74) is 1.33. The van der Waals surface area contributed by atoms with E-state index in [1.54, 1.807) is 19.9 Å². The summed E-state index contributed by atoms with van der Waals surface area (Å²) < 4.78 is 5.88. The van der Waals surface area contributed by atoms with Crippen molar-refractivity contribution >= 4 is 33.3 Å². The van der Waals surface area contributed by atoms with E-state index in [1.165, 1.54) is 17.5 Å². The summed E-state index contributed by atoms with van der Waals surface area (Å²) in [6.45, 7) is 3.82. The molecule has 0 amide bonds. The Balaban J connectivity index is 2.28. The highest BCUT2D eigenvalue weighted by Crippen LogP contribution is 2.22. The number of esters is 1. The third-order valence-electron chi connectivity index (χ3n) is 2.88. The number of thiophene rings is 1. The number of fused-ring (bicyclic) bond motifs is 1. The molecule has 2 heterocycles. The van der Waals surface area contributed by atoms with Gasteiger partial charge < -0.3 is 4.74 Å². The monoisotopic (exact) mass is 277 g/mol. The number of ketones is 1. The molecule has 0 aromatic carbocycles. The molecule has 2 aromatic heterocycles. The fourth-order valence-corrected chi connectivity index (χ4v) is 2.66. The van der Waals surface area contributed by atoms with Crippen molar-refractivity contribution in [2.24, 2.45) is 5.92 Å². The molecule has 0 bridgehead atoms. The van der Waals surface area contributed by atoms with Crippen molar-refractivity contribution in [2.45, 2.75) is 20.3 Å². The van der Waals surface area contributed by atoms with Crippen molar-refractivity contribution in [3.63, 3.8) is 0 Å². The van der Waals surface area contributed by atoms with Gasteiger partial charge in [0.15, 0.2) is 5.78 Å². The summed E-state index contributed by atoms with van der Waals surface area (Å²) in [7, 11) is 0. The van der Waals surface area contributed by atoms with Gasteiger partial charge in [-0.15, -0.1) is 11.3 Å². The lowest BCUT2D eigenvalue weighted by Gasteiger charge is -2.12. The first-order valence-electron chi connectivity index (χ1n) is 6.21. The molecule has 0 saturated carbocycles. The summed E-state index contributed by atoms with van der Waals surface area (Å²) in [6.07, 6.45) is 1.96. The van der Waals surface area contributed by atoms with E-state index in [9.17, 15) is 9.59 Å². The molecule has 0 fully saturated rings. The minimum Gasteiger partial charge on any atom is -0.465 e. The molecule has 1 atom stereocenters. The molecule has 0 aliphatic rings. The highest BCUT2D eigenvalue weighted by molar-refractivity contribution is 7.17. The van der Waals surface area contributed by atoms with Gasteiger partial charge in [-0.25, -0.2) is 0 Å². The fourth-order valence-electron chi connectivity index (χ4n) is 1.88. The van der Waals surface area contributed by atoms with E-state index < -0.39 is 11.9 Å². The fraction of sp³-hybridized carbons (Fsp3) is 0.357. The quantitative estimate of drug-likeness (QED) is 0.479. The second-order valence-corrected chi connectivity index (χ2v) is 5.05. The zero-order valence-corrected chi connectivity index (χ0v) is 11.7. The lowest BCUT2D eigenvalue weighted by atomic mass is 9.96. The van der Waals surface area contributed by atoms with Crippen molar-refractivity contribution in [2.75, 3.05) is 6.61 Å². The maximum atomic E-state index is 12.3. The third-order valence-corrected chi connectivity index (χ3v) is 3.74. The molecule has 100 valence electrons. The average Bonchev–Trinajstić information content (AvgIpc) is 2.86. The average molecular weight is 277 g/mol. The molecule has 19 heavy (non-hydrogen) atoms. The number of pyridine rings is 1. The summed E-state index contributed by atoms with van der Waals surface area (Å²) in [5.74, 6) is -1.41. The van der Waals surface area contributed by atoms with E-state index in [1.807, 2.05) is 11.4 Å². The van der Waals surface area contributed by atoms with Gasteiger partial charge in [-0.3, -0.25) is 14.6 Å². The molecule has 0 radical (unpaired) electrons. The first-order chi connectivity index (χ1) is 9.17. The Bertz CT molecular complexity index is 606. The smallest absolute Gasteiger partial charge is 0.316 e. The van der Waals surface area contributed by atoms with Crippen LogP contribution in [0.4, 0.5) is 0 Å². The Morgan fingerprint density at radius 1 is 1.42 bits per heavy atom. The Hall–Kier alpha value is -1.75. The first-order valence-corrected chi connectivity index (χ1v) is 7.09. The van der Waals surface area contributed by atoms with Crippen LogP contribution in [0, 0.1) is 5.92 Å². The van der Waals surface area contributed by atoms with Gasteiger partial charge >= 0.3 is 5.97 Å². The molecule has 2 aromatic rings. The van der Waals surface area contributed by atoms with Gasteiger partial charge in [0, 0.05) is 11.8 Å². The molecule has 0 N–H and O–H groups in total. The summed E-state index contributed by atoms with van der Waals surface area (Å²) in [4.78, 5) is 28.3. The summed E-state index contributed by atoms with van der Waals surface area (Å²) in [5, 5.41) is 1.93. The van der Waals surface area contributed by atoms with E-state index in [4.69, 9.17) is 4.74 Å². The molecule has 1 unspecified atom stereocenters. The molecule has 2 rings (SSSR count). The van der Waals surface area contributed by atoms with Gasteiger partial charge in [0.05, 0.1) is 16.8 Å². The third kappa shape index (κ3) is 2.81. The number of carbonyl (C=O) groups is 2. The maximum absolute atomic E-state index is 12.3. The normalized spacial score (nSPS) is 12.3. The van der Waals surface area contributed by atoms with E-state index in [0.717, 1.165) is 10.2 Å². The van der Waals surface area contributed by atoms with Crippen LogP contribution in [0.1, 0.15) is 30.6 Å². The minimum absolute atomic E-state index is 0.219. The summed E-state index contributed by atoms with van der Waals surface area (Å²) in [6, 6.07) is 3.69. The van der Waals surface area contributed by atoms with Gasteiger partial charge in [0.1, 0.15) is 5.92 Å². The number of Topliss-reactive ketones (excluding diaryl/α,β-unsaturated/α-hetero) is 1. The zero-order valence-electron chi connectivity index (χ0n) is 10.9. The summed E-state index contributed by atoms with van der Waals surface area (Å²) >= 11 is 1.53. The van der Waals surface area contributed by atoms with Crippen LogP contribution in [0.25, 0.3) is 10.2 Å². The topological polar surface area (TPSA) is 56.3 Å². The van der Waals surface area contributed by atoms with E-state index in [-0.39, 0.29) is 12.4 Å². The SMILES string of the molecule is CCOC(=O)C(CC)C(=O)c1cnc2ccsc2c1. The van der Waals surface area contributed by atoms with Crippen LogP contribution in [0.3, 0.4) is 0 Å². The van der Waals surface area contributed by atoms with Gasteiger partial charge in [-0.05, 0) is 30.9 Å². The molecule has 0 saturated heterocycles. The molecular weight excluding hydrogens is 262 g/mol. The number of nitrogens with zero attached hydrogens (tertiary/aromatic N) is 1. The number of ether oxygens (including phenoxy) is 1. The molecule has 0 aliphatic heterocycles. The van der Waals surface area contributed by atoms with Crippen LogP contribution in [-0.4, -0.2) is 23.3 Å². The van der Waals surface area contributed by atoms with Crippen molar-refractivity contribution < 1.29 is 14.3 Å². The van der Waals surface area contributed by atoms with Crippen LogP contribution in [0.15, 0.2) is 23.7 Å². The zero-order chi connectivity index (χ0) is 13.8. The van der Waals surface area contributed by atoms with Gasteiger partial charge in [-0.1, -0.05) is 6.92 Å². The second-order valence-electron chi connectivity index (χ2n) is 4.11. The van der Waals surface area contributed by atoms with E-state index in [0.29, 0.717) is 12.0 Å². The Labute approximate surface area is 115 Å². The van der Waals surface area contributed by atoms with E-state index in [2.05, 4.69) is 4.98 Å². The highest BCUT2D eigenvalue weighted by Gasteiger charge is 2.27. The number of rotatable bonds is 5. The first kappa shape index (κ1) is 13.7. The minimum atomic E-state index is -0.737. The van der Waals surface area contributed by atoms with Crippen LogP contribution >= 0.6 is 11.3 Å². The number of carbonyl (C=O) groups excluding carboxylic acids is 2. The number of aromatic nitrogens is 1. The van der Waals surface area contributed by atoms with Crippen molar-refractivity contribution in [1.29, 1.82) is 0 Å². The second kappa shape index (κ2) is 5.93. The lowest BCUT2D eigenvalue weighted by Crippen LogP contribution is -2.25. The van der Waals surface area contributed by atoms with E-state index >= 15 is 0 Å². The lowest BCUT2D eigenvalue weighted by molar-refractivity contribution is -0.146. The standard InChI is InChI=1S/C14H15NO3S/c1-3-10(14(17)18-4-2)13(16)9-7-12-11(15-8-9)5-6-19-12/h5-8,10H,3-4H2,1-2H3. The molecule has 4 nitrogen and oxygen atoms in total. The predicted molar refractivity (Wildman–Crippen MR) is 74.4 cm³/mol. The number of hydrogen-bond donors (Lipinski definition) is 0.